The summed E-state index contributed by atoms with van der Waals surface area (Å²) in [7, 11) is 0. The number of carboxylic acid groups (broad SMARTS) is 2. The number of aliphatic hydroxyl groups is 4. The number of alkyl halides is 3. The Bertz CT molecular complexity index is 2250. The van der Waals surface area contributed by atoms with E-state index < -0.39 is 164 Å². The van der Waals surface area contributed by atoms with Gasteiger partial charge >= 0.3 is 18.1 Å². The maximum absolute atomic E-state index is 14.2. The van der Waals surface area contributed by atoms with E-state index in [-0.39, 0.29) is 63.6 Å². The number of nitrogens with one attached hydrogen (secondary N) is 8. The third-order valence-electron chi connectivity index (χ3n) is 12.1. The molecule has 0 spiro atoms. The molecule has 2 rings (SSSR count). The monoisotopic (exact) mass is 1170 g/mol. The van der Waals surface area contributed by atoms with Crippen LogP contribution in [0.15, 0.2) is 30.3 Å². The van der Waals surface area contributed by atoms with Gasteiger partial charge in [-0.25, -0.2) is 4.79 Å². The van der Waals surface area contributed by atoms with Gasteiger partial charge in [0.1, 0.15) is 54.6 Å². The van der Waals surface area contributed by atoms with Crippen molar-refractivity contribution in [1.29, 1.82) is 0 Å². The van der Waals surface area contributed by atoms with Crippen molar-refractivity contribution in [2.24, 2.45) is 23.1 Å². The minimum atomic E-state index is -5.08. The largest absolute Gasteiger partial charge is 0.490 e. The highest BCUT2D eigenvalue weighted by Crippen LogP contribution is 2.24. The summed E-state index contributed by atoms with van der Waals surface area (Å²) in [5, 5.41) is 77.6. The van der Waals surface area contributed by atoms with Crippen molar-refractivity contribution in [2.75, 3.05) is 32.8 Å². The summed E-state index contributed by atoms with van der Waals surface area (Å²) in [6.45, 7) is 4.51. The third kappa shape index (κ3) is 27.7. The summed E-state index contributed by atoms with van der Waals surface area (Å²) in [5.41, 5.74) is 17.1. The molecule has 1 aromatic carbocycles. The number of hydrogen-bond donors (Lipinski definition) is 17. The fourth-order valence-electron chi connectivity index (χ4n) is 7.43. The number of primary amides is 2. The lowest BCUT2D eigenvalue weighted by molar-refractivity contribution is -0.310. The van der Waals surface area contributed by atoms with Crippen molar-refractivity contribution >= 4 is 65.1 Å². The molecule has 0 bridgehead atoms. The first kappa shape index (κ1) is 71.9. The SMILES string of the molecule is CC[C@H](C)[C@H](NC(C)=O)C(=O)N[C@@H](C)CNCC(=O)N[C@@H](Cc1ccccc1)C(=O)N[C@@H](CC[C@H](CN)O[C@@H]1O[C@H](CO)[C@H](O)[C@H](O)[C@H]1O)C(=O)NCC(=O)N[C@@H](CCC(=O)O)C(=O)N[C@@H](CCC(N)=O)C(N)=O.O=C(O)C(F)(F)F. The van der Waals surface area contributed by atoms with Crippen LogP contribution in [0.2, 0.25) is 0 Å². The summed E-state index contributed by atoms with van der Waals surface area (Å²) in [6.07, 6.45) is -16.2. The number of halogens is 3. The molecule has 1 aliphatic heterocycles. The average molecular weight is 1170 g/mol. The molecule has 0 aromatic heterocycles. The van der Waals surface area contributed by atoms with Crippen LogP contribution in [0.4, 0.5) is 13.2 Å². The number of rotatable bonds is 34. The summed E-state index contributed by atoms with van der Waals surface area (Å²) in [6, 6.07) is 1.28. The predicted molar refractivity (Wildman–Crippen MR) is 274 cm³/mol. The Hall–Kier alpha value is -7.14. The molecule has 81 heavy (non-hydrogen) atoms. The van der Waals surface area contributed by atoms with E-state index in [0.717, 1.165) is 0 Å². The van der Waals surface area contributed by atoms with Gasteiger partial charge in [-0.15, -0.1) is 0 Å². The second-order valence-corrected chi connectivity index (χ2v) is 18.8. The van der Waals surface area contributed by atoms with Crippen LogP contribution in [0.1, 0.15) is 78.2 Å². The first-order valence-corrected chi connectivity index (χ1v) is 25.4. The van der Waals surface area contributed by atoms with Gasteiger partial charge in [-0.05, 0) is 44.1 Å². The number of hydrogen-bond acceptors (Lipinski definition) is 19. The quantitative estimate of drug-likeness (QED) is 0.0306. The van der Waals surface area contributed by atoms with Gasteiger partial charge in [-0.3, -0.25) is 47.9 Å². The lowest BCUT2D eigenvalue weighted by Crippen LogP contribution is -2.60. The van der Waals surface area contributed by atoms with E-state index in [1.165, 1.54) is 6.92 Å². The number of ether oxygens (including phenoxy) is 2. The standard InChI is InChI=1S/C46H75N11O17.C2HF3O2/c1-5-23(2)37(53-25(4)59)45(72)52-24(3)19-50-20-34(61)55-31(17-26-9-7-6-8-10-26)44(71)57-29(12-11-27(18-47)73-46-40(67)39(66)38(65)32(22-58)74-46)42(69)51-21-35(62)54-30(14-16-36(63)64)43(70)56-28(41(49)68)13-15-33(48)60;3-2(4,5)1(6)7/h6-10,23-24,27-32,37-40,46,50,58,65-67H,5,11-22,47H2,1-4H3,(H2,48,60)(H2,49,68)(H,51,69)(H,52,72)(H,53,59)(H,54,62)(H,55,61)(H,56,70)(H,57,71)(H,63,64);(H,6,7)/t23-,24-,27+,28-,29-,30-,31-,32+,37-,38-,39-,40+,46+;/m0./s1. The minimum absolute atomic E-state index is 0.0909. The van der Waals surface area contributed by atoms with Crippen molar-refractivity contribution in [2.45, 2.75) is 158 Å². The highest BCUT2D eigenvalue weighted by Gasteiger charge is 2.45. The molecule has 1 aliphatic rings. The van der Waals surface area contributed by atoms with E-state index in [2.05, 4.69) is 42.5 Å². The molecule has 1 aromatic rings. The third-order valence-corrected chi connectivity index (χ3v) is 12.1. The lowest BCUT2D eigenvalue weighted by Gasteiger charge is -2.40. The molecular formula is C48H76F3N11O19. The summed E-state index contributed by atoms with van der Waals surface area (Å²) in [4.78, 5) is 136. The van der Waals surface area contributed by atoms with Crippen LogP contribution in [-0.2, 0) is 68.6 Å². The number of aliphatic hydroxyl groups excluding tert-OH is 4. The zero-order valence-corrected chi connectivity index (χ0v) is 44.9. The van der Waals surface area contributed by atoms with E-state index in [1.807, 2.05) is 13.8 Å². The van der Waals surface area contributed by atoms with Crippen molar-refractivity contribution in [3.05, 3.63) is 35.9 Å². The molecule has 9 amide bonds. The van der Waals surface area contributed by atoms with Gasteiger partial charge < -0.3 is 99.8 Å². The Labute approximate surface area is 462 Å². The molecule has 1 saturated heterocycles. The van der Waals surface area contributed by atoms with Crippen LogP contribution in [0, 0.1) is 5.92 Å². The number of carbonyl (C=O) groups excluding carboxylic acids is 9. The van der Waals surface area contributed by atoms with Gasteiger partial charge in [0.2, 0.25) is 53.2 Å². The van der Waals surface area contributed by atoms with E-state index in [0.29, 0.717) is 12.0 Å². The number of carbonyl (C=O) groups is 11. The van der Waals surface area contributed by atoms with Gasteiger partial charge in [0.15, 0.2) is 6.29 Å². The maximum Gasteiger partial charge on any atom is 0.490 e. The molecule has 30 nitrogen and oxygen atoms in total. The number of nitrogens with two attached hydrogens (primary N) is 3. The first-order chi connectivity index (χ1) is 37.8. The predicted octanol–water partition coefficient (Wildman–Crippen LogP) is -5.90. The van der Waals surface area contributed by atoms with Gasteiger partial charge in [0.05, 0.1) is 25.8 Å². The smallest absolute Gasteiger partial charge is 0.481 e. The summed E-state index contributed by atoms with van der Waals surface area (Å²) >= 11 is 0. The van der Waals surface area contributed by atoms with Crippen LogP contribution in [-0.4, -0.2) is 208 Å². The Kier molecular flexibility index (Phi) is 32.2. The van der Waals surface area contributed by atoms with Crippen molar-refractivity contribution < 1.29 is 106 Å². The minimum Gasteiger partial charge on any atom is -0.481 e. The van der Waals surface area contributed by atoms with Gasteiger partial charge in [0, 0.05) is 45.3 Å². The zero-order valence-electron chi connectivity index (χ0n) is 44.9. The molecule has 1 heterocycles. The number of aliphatic carboxylic acids is 2. The average Bonchev–Trinajstić information content (AvgIpc) is 3.39. The molecule has 20 N–H and O–H groups in total. The molecule has 458 valence electrons. The fourth-order valence-corrected chi connectivity index (χ4v) is 7.43. The van der Waals surface area contributed by atoms with Crippen LogP contribution < -0.4 is 59.7 Å². The van der Waals surface area contributed by atoms with Crippen LogP contribution in [0.25, 0.3) is 0 Å². The van der Waals surface area contributed by atoms with E-state index in [1.54, 1.807) is 37.3 Å². The Morgan fingerprint density at radius 2 is 1.26 bits per heavy atom. The van der Waals surface area contributed by atoms with Crippen molar-refractivity contribution in [3.63, 3.8) is 0 Å². The zero-order chi connectivity index (χ0) is 61.7. The molecule has 0 radical (unpaired) electrons. The van der Waals surface area contributed by atoms with Crippen LogP contribution >= 0.6 is 0 Å². The Balaban J connectivity index is 0.00000437. The van der Waals surface area contributed by atoms with E-state index in [4.69, 9.17) is 36.6 Å². The van der Waals surface area contributed by atoms with Crippen LogP contribution in [0.3, 0.4) is 0 Å². The first-order valence-electron chi connectivity index (χ1n) is 25.4. The van der Waals surface area contributed by atoms with Crippen molar-refractivity contribution in [1.82, 2.24) is 42.5 Å². The highest BCUT2D eigenvalue weighted by atomic mass is 19.4. The molecule has 13 atom stereocenters. The van der Waals surface area contributed by atoms with Gasteiger partial charge in [0.25, 0.3) is 0 Å². The van der Waals surface area contributed by atoms with Crippen LogP contribution in [0.5, 0.6) is 0 Å². The molecule has 33 heteroatoms. The lowest BCUT2D eigenvalue weighted by atomic mass is 9.98. The normalized spacial score (nSPS) is 19.8. The highest BCUT2D eigenvalue weighted by molar-refractivity contribution is 5.95. The van der Waals surface area contributed by atoms with Crippen molar-refractivity contribution in [3.8, 4) is 0 Å². The van der Waals surface area contributed by atoms with Gasteiger partial charge in [-0.1, -0.05) is 50.6 Å². The molecular weight excluding hydrogens is 1090 g/mol. The number of amides is 9. The second-order valence-electron chi connectivity index (χ2n) is 18.8. The number of carboxylic acids is 2. The Morgan fingerprint density at radius 3 is 1.79 bits per heavy atom. The topological polar surface area (TPSA) is 502 Å². The fraction of sp³-hybridized carbons (Fsp3) is 0.646. The van der Waals surface area contributed by atoms with Gasteiger partial charge in [-0.2, -0.15) is 13.2 Å². The summed E-state index contributed by atoms with van der Waals surface area (Å²) < 4.78 is 43.0. The van der Waals surface area contributed by atoms with E-state index in [9.17, 15) is 86.6 Å². The maximum atomic E-state index is 14.2. The molecule has 1 fully saturated rings. The number of benzene rings is 1. The summed E-state index contributed by atoms with van der Waals surface area (Å²) in [5.74, 6) is -11.6. The molecule has 0 saturated carbocycles. The Morgan fingerprint density at radius 1 is 0.704 bits per heavy atom. The molecule has 0 aliphatic carbocycles. The molecule has 0 unspecified atom stereocenters. The van der Waals surface area contributed by atoms with E-state index >= 15 is 0 Å². The second kappa shape index (κ2) is 36.3.